The van der Waals surface area contributed by atoms with E-state index in [1.807, 2.05) is 0 Å². The Morgan fingerprint density at radius 3 is 2.30 bits per heavy atom. The minimum atomic E-state index is 0.224. The Labute approximate surface area is 124 Å². The summed E-state index contributed by atoms with van der Waals surface area (Å²) in [6, 6.07) is 11.5. The van der Waals surface area contributed by atoms with Crippen LogP contribution in [0.15, 0.2) is 30.3 Å². The maximum Gasteiger partial charge on any atom is 0.0558 e. The average Bonchev–Trinajstić information content (AvgIpc) is 2.45. The van der Waals surface area contributed by atoms with Crippen molar-refractivity contribution in [3.05, 3.63) is 35.9 Å². The average molecular weight is 278 g/mol. The molecule has 0 spiro atoms. The quantitative estimate of drug-likeness (QED) is 0.729. The molecule has 0 fully saturated rings. The highest BCUT2D eigenvalue weighted by atomic mass is 16.3. The van der Waals surface area contributed by atoms with Crippen molar-refractivity contribution < 1.29 is 5.11 Å². The summed E-state index contributed by atoms with van der Waals surface area (Å²) in [6.07, 6.45) is 0. The Hall–Kier alpha value is -0.900. The first-order valence-corrected chi connectivity index (χ1v) is 7.73. The molecule has 0 aromatic heterocycles. The minimum Gasteiger partial charge on any atom is -0.395 e. The van der Waals surface area contributed by atoms with Crippen LogP contribution in [-0.2, 0) is 0 Å². The van der Waals surface area contributed by atoms with E-state index in [1.54, 1.807) is 0 Å². The van der Waals surface area contributed by atoms with Crippen LogP contribution in [0.3, 0.4) is 0 Å². The zero-order valence-corrected chi connectivity index (χ0v) is 13.3. The molecule has 2 unspecified atom stereocenters. The van der Waals surface area contributed by atoms with Gasteiger partial charge in [-0.1, -0.05) is 44.2 Å². The Balaban J connectivity index is 2.75. The zero-order chi connectivity index (χ0) is 15.0. The van der Waals surface area contributed by atoms with Crippen molar-refractivity contribution in [3.8, 4) is 0 Å². The maximum absolute atomic E-state index is 9.20. The molecular formula is C17H30N2O. The minimum absolute atomic E-state index is 0.224. The van der Waals surface area contributed by atoms with Crippen LogP contribution in [0.2, 0.25) is 0 Å². The van der Waals surface area contributed by atoms with Gasteiger partial charge < -0.3 is 10.4 Å². The van der Waals surface area contributed by atoms with E-state index in [0.29, 0.717) is 18.0 Å². The second kappa shape index (κ2) is 9.11. The maximum atomic E-state index is 9.20. The predicted molar refractivity (Wildman–Crippen MR) is 85.8 cm³/mol. The highest BCUT2D eigenvalue weighted by Crippen LogP contribution is 2.23. The number of hydrogen-bond acceptors (Lipinski definition) is 3. The number of rotatable bonds is 9. The number of nitrogens with one attached hydrogen (secondary N) is 1. The molecular weight excluding hydrogens is 248 g/mol. The van der Waals surface area contributed by atoms with E-state index in [2.05, 4.69) is 68.2 Å². The van der Waals surface area contributed by atoms with Gasteiger partial charge in [0.2, 0.25) is 0 Å². The molecule has 1 aromatic rings. The van der Waals surface area contributed by atoms with Crippen LogP contribution in [0.1, 0.15) is 39.3 Å². The second-order valence-electron chi connectivity index (χ2n) is 5.74. The van der Waals surface area contributed by atoms with E-state index in [1.165, 1.54) is 5.56 Å². The molecule has 0 saturated heterocycles. The van der Waals surface area contributed by atoms with Crippen molar-refractivity contribution in [3.63, 3.8) is 0 Å². The van der Waals surface area contributed by atoms with Crippen LogP contribution in [0.25, 0.3) is 0 Å². The summed E-state index contributed by atoms with van der Waals surface area (Å²) in [7, 11) is 0. The summed E-state index contributed by atoms with van der Waals surface area (Å²) >= 11 is 0. The van der Waals surface area contributed by atoms with E-state index in [-0.39, 0.29) is 6.61 Å². The van der Waals surface area contributed by atoms with Crippen LogP contribution in [0, 0.1) is 5.92 Å². The molecule has 1 aromatic carbocycles. The summed E-state index contributed by atoms with van der Waals surface area (Å²) in [5.74, 6) is 0.492. The lowest BCUT2D eigenvalue weighted by molar-refractivity contribution is 0.137. The Morgan fingerprint density at radius 2 is 1.80 bits per heavy atom. The first-order valence-electron chi connectivity index (χ1n) is 7.73. The number of benzene rings is 1. The van der Waals surface area contributed by atoms with Crippen molar-refractivity contribution in [2.75, 3.05) is 26.2 Å². The Morgan fingerprint density at radius 1 is 1.15 bits per heavy atom. The van der Waals surface area contributed by atoms with Crippen molar-refractivity contribution >= 4 is 0 Å². The summed E-state index contributed by atoms with van der Waals surface area (Å²) in [5, 5.41) is 12.8. The van der Waals surface area contributed by atoms with Crippen LogP contribution >= 0.6 is 0 Å². The molecule has 0 aliphatic carbocycles. The molecule has 0 heterocycles. The lowest BCUT2D eigenvalue weighted by atomic mass is 9.93. The lowest BCUT2D eigenvalue weighted by Gasteiger charge is -2.33. The van der Waals surface area contributed by atoms with Gasteiger partial charge in [0.05, 0.1) is 6.61 Å². The first-order chi connectivity index (χ1) is 9.60. The molecule has 3 heteroatoms. The third-order valence-electron chi connectivity index (χ3n) is 3.79. The van der Waals surface area contributed by atoms with Crippen LogP contribution < -0.4 is 5.32 Å². The van der Waals surface area contributed by atoms with E-state index in [0.717, 1.165) is 19.6 Å². The number of nitrogens with zero attached hydrogens (tertiary/aromatic N) is 1. The molecule has 0 aliphatic rings. The highest BCUT2D eigenvalue weighted by molar-refractivity contribution is 5.19. The Kier molecular flexibility index (Phi) is 7.82. The normalized spacial score (nSPS) is 14.8. The zero-order valence-electron chi connectivity index (χ0n) is 13.3. The molecule has 2 atom stereocenters. The van der Waals surface area contributed by atoms with E-state index in [4.69, 9.17) is 0 Å². The van der Waals surface area contributed by atoms with Gasteiger partial charge in [0.25, 0.3) is 0 Å². The van der Waals surface area contributed by atoms with Gasteiger partial charge in [-0.15, -0.1) is 0 Å². The highest BCUT2D eigenvalue weighted by Gasteiger charge is 2.21. The monoisotopic (exact) mass is 278 g/mol. The smallest absolute Gasteiger partial charge is 0.0558 e. The molecule has 114 valence electrons. The number of aliphatic hydroxyl groups is 1. The topological polar surface area (TPSA) is 35.5 Å². The number of aliphatic hydroxyl groups excluding tert-OH is 1. The van der Waals surface area contributed by atoms with Crippen LogP contribution in [-0.4, -0.2) is 42.3 Å². The van der Waals surface area contributed by atoms with Gasteiger partial charge in [0.1, 0.15) is 0 Å². The van der Waals surface area contributed by atoms with Gasteiger partial charge in [-0.3, -0.25) is 4.90 Å². The standard InChI is InChI=1S/C17H30N2O/c1-5-18-17(16-9-7-6-8-10-16)15(4)13-19(11-12-20)14(2)3/h6-10,14-15,17-18,20H,5,11-13H2,1-4H3. The molecule has 3 nitrogen and oxygen atoms in total. The fourth-order valence-electron chi connectivity index (χ4n) is 2.69. The van der Waals surface area contributed by atoms with Gasteiger partial charge in [0, 0.05) is 25.2 Å². The summed E-state index contributed by atoms with van der Waals surface area (Å²) in [5.41, 5.74) is 1.34. The van der Waals surface area contributed by atoms with Gasteiger partial charge >= 0.3 is 0 Å². The molecule has 1 rings (SSSR count). The number of hydrogen-bond donors (Lipinski definition) is 2. The van der Waals surface area contributed by atoms with Gasteiger partial charge in [-0.25, -0.2) is 0 Å². The van der Waals surface area contributed by atoms with Gasteiger partial charge in [0.15, 0.2) is 0 Å². The van der Waals surface area contributed by atoms with E-state index in [9.17, 15) is 5.11 Å². The summed E-state index contributed by atoms with van der Waals surface area (Å²) in [4.78, 5) is 2.35. The predicted octanol–water partition coefficient (Wildman–Crippen LogP) is 2.68. The first kappa shape index (κ1) is 17.2. The van der Waals surface area contributed by atoms with Crippen molar-refractivity contribution in [1.82, 2.24) is 10.2 Å². The largest absolute Gasteiger partial charge is 0.395 e. The molecule has 0 bridgehead atoms. The fraction of sp³-hybridized carbons (Fsp3) is 0.647. The molecule has 0 aliphatic heterocycles. The second-order valence-corrected chi connectivity index (χ2v) is 5.74. The molecule has 0 amide bonds. The third kappa shape index (κ3) is 5.23. The molecule has 0 saturated carbocycles. The summed E-state index contributed by atoms with van der Waals surface area (Å²) < 4.78 is 0. The molecule has 20 heavy (non-hydrogen) atoms. The fourth-order valence-corrected chi connectivity index (χ4v) is 2.69. The van der Waals surface area contributed by atoms with Crippen molar-refractivity contribution in [2.24, 2.45) is 5.92 Å². The molecule has 2 N–H and O–H groups in total. The lowest BCUT2D eigenvalue weighted by Crippen LogP contribution is -2.40. The van der Waals surface area contributed by atoms with Crippen molar-refractivity contribution in [2.45, 2.75) is 39.8 Å². The van der Waals surface area contributed by atoms with Crippen molar-refractivity contribution in [1.29, 1.82) is 0 Å². The Bertz CT molecular complexity index is 353. The van der Waals surface area contributed by atoms with E-state index < -0.39 is 0 Å². The SMILES string of the molecule is CCNC(c1ccccc1)C(C)CN(CCO)C(C)C. The third-order valence-corrected chi connectivity index (χ3v) is 3.79. The molecule has 0 radical (unpaired) electrons. The van der Waals surface area contributed by atoms with E-state index >= 15 is 0 Å². The van der Waals surface area contributed by atoms with Gasteiger partial charge in [-0.05, 0) is 31.9 Å². The van der Waals surface area contributed by atoms with Crippen LogP contribution in [0.5, 0.6) is 0 Å². The summed E-state index contributed by atoms with van der Waals surface area (Å²) in [6.45, 7) is 11.7. The van der Waals surface area contributed by atoms with Crippen LogP contribution in [0.4, 0.5) is 0 Å². The van der Waals surface area contributed by atoms with Gasteiger partial charge in [-0.2, -0.15) is 0 Å².